The Morgan fingerprint density at radius 3 is 2.92 bits per heavy atom. The van der Waals surface area contributed by atoms with Gasteiger partial charge in [0, 0.05) is 6.92 Å². The summed E-state index contributed by atoms with van der Waals surface area (Å²) in [6.45, 7) is 1.29. The lowest BCUT2D eigenvalue weighted by molar-refractivity contribution is -0.145. The lowest BCUT2D eigenvalue weighted by Gasteiger charge is -2.12. The molecule has 0 aromatic carbocycles. The fourth-order valence-corrected chi connectivity index (χ4v) is 1.19. The first-order chi connectivity index (χ1) is 5.63. The Morgan fingerprint density at radius 2 is 2.50 bits per heavy atom. The minimum absolute atomic E-state index is 0.177. The van der Waals surface area contributed by atoms with Crippen LogP contribution in [-0.2, 0) is 14.3 Å². The van der Waals surface area contributed by atoms with Crippen LogP contribution >= 0.6 is 0 Å². The molecule has 0 spiro atoms. The SMILES string of the molecule is CC(=O)OC1CC(=O)N(CO)C1. The Balaban J connectivity index is 2.43. The first-order valence-corrected chi connectivity index (χ1v) is 3.69. The van der Waals surface area contributed by atoms with Gasteiger partial charge in [-0.3, -0.25) is 9.59 Å². The summed E-state index contributed by atoms with van der Waals surface area (Å²) >= 11 is 0. The number of nitrogens with zero attached hydrogens (tertiary/aromatic N) is 1. The molecule has 5 nitrogen and oxygen atoms in total. The van der Waals surface area contributed by atoms with Gasteiger partial charge in [-0.2, -0.15) is 0 Å². The molecule has 0 saturated carbocycles. The Bertz CT molecular complexity index is 204. The summed E-state index contributed by atoms with van der Waals surface area (Å²) in [6.07, 6.45) is -0.206. The van der Waals surface area contributed by atoms with E-state index in [1.54, 1.807) is 0 Å². The fraction of sp³-hybridized carbons (Fsp3) is 0.714. The van der Waals surface area contributed by atoms with Crippen LogP contribution in [0.1, 0.15) is 13.3 Å². The van der Waals surface area contributed by atoms with E-state index < -0.39 is 5.97 Å². The standard InChI is InChI=1S/C7H11NO4/c1-5(10)12-6-2-7(11)8(3-6)4-9/h6,9H,2-4H2,1H3. The topological polar surface area (TPSA) is 66.8 Å². The van der Waals surface area contributed by atoms with Gasteiger partial charge in [0.2, 0.25) is 5.91 Å². The van der Waals surface area contributed by atoms with Gasteiger partial charge in [-0.25, -0.2) is 0 Å². The predicted molar refractivity (Wildman–Crippen MR) is 39.0 cm³/mol. The highest BCUT2D eigenvalue weighted by molar-refractivity contribution is 5.79. The molecule has 0 bridgehead atoms. The normalized spacial score (nSPS) is 23.0. The van der Waals surface area contributed by atoms with Crippen molar-refractivity contribution in [2.75, 3.05) is 13.3 Å². The smallest absolute Gasteiger partial charge is 0.302 e. The van der Waals surface area contributed by atoms with E-state index in [9.17, 15) is 9.59 Å². The second-order valence-corrected chi connectivity index (χ2v) is 2.69. The van der Waals surface area contributed by atoms with Gasteiger partial charge < -0.3 is 14.7 Å². The Hall–Kier alpha value is -1.10. The van der Waals surface area contributed by atoms with Crippen LogP contribution in [0.3, 0.4) is 0 Å². The number of hydrogen-bond donors (Lipinski definition) is 1. The van der Waals surface area contributed by atoms with Crippen LogP contribution in [0.5, 0.6) is 0 Å². The van der Waals surface area contributed by atoms with Crippen molar-refractivity contribution in [2.45, 2.75) is 19.4 Å². The number of carbonyl (C=O) groups excluding carboxylic acids is 2. The second-order valence-electron chi connectivity index (χ2n) is 2.69. The summed E-state index contributed by atoms with van der Waals surface area (Å²) in [6, 6.07) is 0. The zero-order chi connectivity index (χ0) is 9.14. The first-order valence-electron chi connectivity index (χ1n) is 3.69. The summed E-state index contributed by atoms with van der Waals surface area (Å²) in [5, 5.41) is 8.65. The maximum Gasteiger partial charge on any atom is 0.302 e. The number of amides is 1. The summed E-state index contributed by atoms with van der Waals surface area (Å²) in [5.41, 5.74) is 0. The minimum Gasteiger partial charge on any atom is -0.460 e. The number of aliphatic hydroxyl groups excluding tert-OH is 1. The Kier molecular flexibility index (Phi) is 2.65. The number of ether oxygens (including phenoxy) is 1. The van der Waals surface area contributed by atoms with E-state index >= 15 is 0 Å². The van der Waals surface area contributed by atoms with Crippen molar-refractivity contribution in [2.24, 2.45) is 0 Å². The lowest BCUT2D eigenvalue weighted by atomic mass is 10.3. The van der Waals surface area contributed by atoms with E-state index in [-0.39, 0.29) is 25.2 Å². The molecule has 1 unspecified atom stereocenters. The molecule has 1 amide bonds. The summed E-state index contributed by atoms with van der Waals surface area (Å²) in [7, 11) is 0. The maximum absolute atomic E-state index is 11.0. The van der Waals surface area contributed by atoms with E-state index in [1.165, 1.54) is 11.8 Å². The molecule has 0 aromatic rings. The van der Waals surface area contributed by atoms with Crippen LogP contribution in [-0.4, -0.2) is 41.3 Å². The van der Waals surface area contributed by atoms with Gasteiger partial charge in [0.15, 0.2) is 0 Å². The summed E-state index contributed by atoms with van der Waals surface area (Å²) in [5.74, 6) is -0.573. The largest absolute Gasteiger partial charge is 0.460 e. The van der Waals surface area contributed by atoms with E-state index in [0.717, 1.165) is 0 Å². The van der Waals surface area contributed by atoms with E-state index in [0.29, 0.717) is 6.54 Å². The van der Waals surface area contributed by atoms with Crippen LogP contribution in [0.25, 0.3) is 0 Å². The van der Waals surface area contributed by atoms with Gasteiger partial charge >= 0.3 is 5.97 Å². The zero-order valence-electron chi connectivity index (χ0n) is 6.82. The lowest BCUT2D eigenvalue weighted by Crippen LogP contribution is -2.27. The van der Waals surface area contributed by atoms with Gasteiger partial charge in [-0.05, 0) is 0 Å². The van der Waals surface area contributed by atoms with Gasteiger partial charge in [0.1, 0.15) is 12.8 Å². The molecule has 68 valence electrons. The molecule has 1 heterocycles. The molecule has 1 saturated heterocycles. The number of hydrogen-bond acceptors (Lipinski definition) is 4. The molecule has 1 atom stereocenters. The van der Waals surface area contributed by atoms with Crippen LogP contribution in [0.2, 0.25) is 0 Å². The van der Waals surface area contributed by atoms with Gasteiger partial charge in [0.05, 0.1) is 13.0 Å². The monoisotopic (exact) mass is 173 g/mol. The Labute approximate surface area is 69.9 Å². The predicted octanol–water partition coefficient (Wildman–Crippen LogP) is -0.900. The molecular formula is C7H11NO4. The van der Waals surface area contributed by atoms with Crippen molar-refractivity contribution in [3.8, 4) is 0 Å². The molecule has 5 heteroatoms. The summed E-state index contributed by atoms with van der Waals surface area (Å²) < 4.78 is 4.80. The quantitative estimate of drug-likeness (QED) is 0.549. The third-order valence-corrected chi connectivity index (χ3v) is 1.68. The van der Waals surface area contributed by atoms with E-state index in [4.69, 9.17) is 9.84 Å². The summed E-state index contributed by atoms with van der Waals surface area (Å²) in [4.78, 5) is 22.7. The third-order valence-electron chi connectivity index (χ3n) is 1.68. The third kappa shape index (κ3) is 1.94. The van der Waals surface area contributed by atoms with Crippen LogP contribution < -0.4 is 0 Å². The molecule has 0 radical (unpaired) electrons. The maximum atomic E-state index is 11.0. The van der Waals surface area contributed by atoms with Crippen molar-refractivity contribution in [3.05, 3.63) is 0 Å². The van der Waals surface area contributed by atoms with Crippen LogP contribution in [0.15, 0.2) is 0 Å². The molecule has 1 aliphatic rings. The minimum atomic E-state index is -0.396. The molecule has 0 aliphatic carbocycles. The van der Waals surface area contributed by atoms with Crippen molar-refractivity contribution in [1.29, 1.82) is 0 Å². The van der Waals surface area contributed by atoms with Crippen molar-refractivity contribution in [3.63, 3.8) is 0 Å². The van der Waals surface area contributed by atoms with Gasteiger partial charge in [0.25, 0.3) is 0 Å². The van der Waals surface area contributed by atoms with Gasteiger partial charge in [-0.15, -0.1) is 0 Å². The molecule has 1 fully saturated rings. The number of rotatable bonds is 2. The second kappa shape index (κ2) is 3.53. The van der Waals surface area contributed by atoms with E-state index in [1.807, 2.05) is 0 Å². The molecule has 1 rings (SSSR count). The number of likely N-dealkylation sites (tertiary alicyclic amines) is 1. The van der Waals surface area contributed by atoms with Gasteiger partial charge in [-0.1, -0.05) is 0 Å². The highest BCUT2D eigenvalue weighted by Crippen LogP contribution is 2.13. The highest BCUT2D eigenvalue weighted by Gasteiger charge is 2.30. The average molecular weight is 173 g/mol. The Morgan fingerprint density at radius 1 is 1.83 bits per heavy atom. The number of carbonyl (C=O) groups is 2. The van der Waals surface area contributed by atoms with Crippen molar-refractivity contribution < 1.29 is 19.4 Å². The first kappa shape index (κ1) is 8.99. The highest BCUT2D eigenvalue weighted by atomic mass is 16.5. The fourth-order valence-electron chi connectivity index (χ4n) is 1.19. The van der Waals surface area contributed by atoms with Crippen molar-refractivity contribution in [1.82, 2.24) is 4.90 Å². The molecule has 0 aromatic heterocycles. The molecule has 1 aliphatic heterocycles. The number of aliphatic hydroxyl groups is 1. The molecule has 1 N–H and O–H groups in total. The van der Waals surface area contributed by atoms with Crippen LogP contribution in [0, 0.1) is 0 Å². The van der Waals surface area contributed by atoms with Crippen LogP contribution in [0.4, 0.5) is 0 Å². The molecule has 12 heavy (non-hydrogen) atoms. The average Bonchev–Trinajstić information content (AvgIpc) is 2.29. The molecular weight excluding hydrogens is 162 g/mol. The number of esters is 1. The van der Waals surface area contributed by atoms with Crippen molar-refractivity contribution >= 4 is 11.9 Å². The zero-order valence-corrected chi connectivity index (χ0v) is 6.82. The van der Waals surface area contributed by atoms with E-state index in [2.05, 4.69) is 0 Å².